The van der Waals surface area contributed by atoms with Gasteiger partial charge >= 0.3 is 0 Å². The minimum atomic E-state index is 0.00844. The molecule has 0 radical (unpaired) electrons. The summed E-state index contributed by atoms with van der Waals surface area (Å²) in [6, 6.07) is 7.40. The highest BCUT2D eigenvalue weighted by atomic mass is 127. The van der Waals surface area contributed by atoms with Gasteiger partial charge in [-0.05, 0) is 41.8 Å². The highest BCUT2D eigenvalue weighted by Crippen LogP contribution is 2.10. The van der Waals surface area contributed by atoms with Gasteiger partial charge in [0.2, 0.25) is 5.91 Å². The third kappa shape index (κ3) is 5.69. The van der Waals surface area contributed by atoms with Crippen molar-refractivity contribution in [3.05, 3.63) is 33.4 Å². The van der Waals surface area contributed by atoms with Crippen LogP contribution in [0.2, 0.25) is 0 Å². The van der Waals surface area contributed by atoms with Crippen LogP contribution in [0.5, 0.6) is 0 Å². The molecule has 0 aliphatic rings. The van der Waals surface area contributed by atoms with Crippen molar-refractivity contribution < 1.29 is 9.59 Å². The van der Waals surface area contributed by atoms with Crippen LogP contribution in [0.15, 0.2) is 24.3 Å². The average Bonchev–Trinajstić information content (AvgIpc) is 2.42. The lowest BCUT2D eigenvalue weighted by atomic mass is 10.1. The highest BCUT2D eigenvalue weighted by molar-refractivity contribution is 14.1. The number of Topliss-reactive ketones (excluding diaryl/α,β-unsaturated/α-hetero) is 1. The molecule has 0 aliphatic carbocycles. The molecule has 1 N–H and O–H groups in total. The van der Waals surface area contributed by atoms with E-state index in [1.54, 1.807) is 24.1 Å². The van der Waals surface area contributed by atoms with Crippen molar-refractivity contribution >= 4 is 34.3 Å². The number of carbonyl (C=O) groups is 2. The van der Waals surface area contributed by atoms with Crippen LogP contribution in [0.1, 0.15) is 23.2 Å². The number of rotatable bonds is 7. The maximum Gasteiger partial charge on any atom is 0.222 e. The van der Waals surface area contributed by atoms with Crippen LogP contribution in [0.25, 0.3) is 0 Å². The van der Waals surface area contributed by atoms with Crippen molar-refractivity contribution in [2.75, 3.05) is 27.2 Å². The largest absolute Gasteiger partial charge is 0.344 e. The summed E-state index contributed by atoms with van der Waals surface area (Å²) in [4.78, 5) is 25.3. The summed E-state index contributed by atoms with van der Waals surface area (Å²) in [7, 11) is 3.60. The molecule has 0 unspecified atom stereocenters. The lowest BCUT2D eigenvalue weighted by Crippen LogP contribution is -2.32. The van der Waals surface area contributed by atoms with Gasteiger partial charge in [-0.25, -0.2) is 0 Å². The Morgan fingerprint density at radius 1 is 1.21 bits per heavy atom. The van der Waals surface area contributed by atoms with E-state index in [4.69, 9.17) is 0 Å². The highest BCUT2D eigenvalue weighted by Gasteiger charge is 2.12. The van der Waals surface area contributed by atoms with Crippen LogP contribution in [-0.4, -0.2) is 43.8 Å². The third-order valence-electron chi connectivity index (χ3n) is 2.86. The van der Waals surface area contributed by atoms with Gasteiger partial charge in [-0.15, -0.1) is 0 Å². The molecule has 1 rings (SSSR count). The normalized spacial score (nSPS) is 10.3. The molecule has 0 fully saturated rings. The fourth-order valence-electron chi connectivity index (χ4n) is 1.60. The van der Waals surface area contributed by atoms with Crippen LogP contribution in [0, 0.1) is 3.57 Å². The van der Waals surface area contributed by atoms with Crippen molar-refractivity contribution in [2.24, 2.45) is 0 Å². The maximum absolute atomic E-state index is 11.9. The van der Waals surface area contributed by atoms with Gasteiger partial charge in [-0.1, -0.05) is 12.1 Å². The van der Waals surface area contributed by atoms with Gasteiger partial charge in [-0.3, -0.25) is 9.59 Å². The summed E-state index contributed by atoms with van der Waals surface area (Å²) in [5.74, 6) is 0.0286. The summed E-state index contributed by atoms with van der Waals surface area (Å²) in [5, 5.41) is 2.99. The monoisotopic (exact) mass is 374 g/mol. The molecule has 0 saturated heterocycles. The zero-order chi connectivity index (χ0) is 14.3. The van der Waals surface area contributed by atoms with Crippen LogP contribution in [0.4, 0.5) is 0 Å². The number of hydrogen-bond acceptors (Lipinski definition) is 3. The molecule has 0 atom stereocenters. The predicted molar refractivity (Wildman–Crippen MR) is 84.3 cm³/mol. The molecular weight excluding hydrogens is 355 g/mol. The SMILES string of the molecule is CNCCN(C)C(=O)CCC(=O)c1ccc(I)cc1. The van der Waals surface area contributed by atoms with Gasteiger partial charge in [0.1, 0.15) is 0 Å². The van der Waals surface area contributed by atoms with E-state index in [2.05, 4.69) is 27.9 Å². The predicted octanol–water partition coefficient (Wildman–Crippen LogP) is 1.93. The van der Waals surface area contributed by atoms with Gasteiger partial charge in [0.15, 0.2) is 5.78 Å². The van der Waals surface area contributed by atoms with Crippen molar-refractivity contribution in [1.29, 1.82) is 0 Å². The Kier molecular flexibility index (Phi) is 7.01. The first kappa shape index (κ1) is 16.1. The second-order valence-corrected chi connectivity index (χ2v) is 5.59. The molecule has 0 saturated carbocycles. The Bertz CT molecular complexity index is 432. The van der Waals surface area contributed by atoms with Crippen LogP contribution >= 0.6 is 22.6 Å². The van der Waals surface area contributed by atoms with Gasteiger partial charge in [0.05, 0.1) is 0 Å². The lowest BCUT2D eigenvalue weighted by molar-refractivity contribution is -0.129. The molecule has 19 heavy (non-hydrogen) atoms. The molecule has 0 spiro atoms. The molecular formula is C14H19IN2O2. The summed E-state index contributed by atoms with van der Waals surface area (Å²) < 4.78 is 1.09. The third-order valence-corrected chi connectivity index (χ3v) is 3.57. The molecule has 5 heteroatoms. The van der Waals surface area contributed by atoms with E-state index in [-0.39, 0.29) is 24.5 Å². The number of benzene rings is 1. The van der Waals surface area contributed by atoms with Crippen molar-refractivity contribution in [2.45, 2.75) is 12.8 Å². The number of hydrogen-bond donors (Lipinski definition) is 1. The van der Waals surface area contributed by atoms with E-state index in [0.717, 1.165) is 10.1 Å². The van der Waals surface area contributed by atoms with E-state index in [1.807, 2.05) is 19.2 Å². The molecule has 0 bridgehead atoms. The quantitative estimate of drug-likeness (QED) is 0.586. The molecule has 104 valence electrons. The van der Waals surface area contributed by atoms with E-state index in [1.165, 1.54) is 0 Å². The molecule has 0 heterocycles. The van der Waals surface area contributed by atoms with E-state index in [9.17, 15) is 9.59 Å². The Morgan fingerprint density at radius 3 is 2.42 bits per heavy atom. The van der Waals surface area contributed by atoms with E-state index >= 15 is 0 Å². The fraction of sp³-hybridized carbons (Fsp3) is 0.429. The number of carbonyl (C=O) groups excluding carboxylic acids is 2. The molecule has 1 aromatic carbocycles. The Labute approximate surface area is 127 Å². The van der Waals surface area contributed by atoms with Gasteiger partial charge < -0.3 is 10.2 Å². The second kappa shape index (κ2) is 8.27. The topological polar surface area (TPSA) is 49.4 Å². The number of likely N-dealkylation sites (N-methyl/N-ethyl adjacent to an activating group) is 2. The smallest absolute Gasteiger partial charge is 0.222 e. The van der Waals surface area contributed by atoms with Crippen LogP contribution in [0.3, 0.4) is 0 Å². The number of nitrogens with one attached hydrogen (secondary N) is 1. The van der Waals surface area contributed by atoms with E-state index < -0.39 is 0 Å². The van der Waals surface area contributed by atoms with Crippen molar-refractivity contribution in [3.8, 4) is 0 Å². The Morgan fingerprint density at radius 2 is 1.84 bits per heavy atom. The van der Waals surface area contributed by atoms with Gasteiger partial charge in [0.25, 0.3) is 0 Å². The minimum absolute atomic E-state index is 0.00844. The molecule has 1 aromatic rings. The molecule has 1 amide bonds. The Balaban J connectivity index is 2.41. The average molecular weight is 374 g/mol. The van der Waals surface area contributed by atoms with E-state index in [0.29, 0.717) is 12.1 Å². The number of nitrogens with zero attached hydrogens (tertiary/aromatic N) is 1. The summed E-state index contributed by atoms with van der Waals surface area (Å²) in [5.41, 5.74) is 0.672. The van der Waals surface area contributed by atoms with Crippen molar-refractivity contribution in [3.63, 3.8) is 0 Å². The summed E-state index contributed by atoms with van der Waals surface area (Å²) in [6.07, 6.45) is 0.536. The number of halogens is 1. The first-order chi connectivity index (χ1) is 9.04. The van der Waals surface area contributed by atoms with Gasteiger partial charge in [0, 0.05) is 42.1 Å². The summed E-state index contributed by atoms with van der Waals surface area (Å²) >= 11 is 2.20. The minimum Gasteiger partial charge on any atom is -0.344 e. The van der Waals surface area contributed by atoms with Crippen LogP contribution in [-0.2, 0) is 4.79 Å². The zero-order valence-corrected chi connectivity index (χ0v) is 13.4. The zero-order valence-electron chi connectivity index (χ0n) is 11.3. The first-order valence-corrected chi connectivity index (χ1v) is 7.30. The molecule has 4 nitrogen and oxygen atoms in total. The standard InChI is InChI=1S/C14H19IN2O2/c1-16-9-10-17(2)14(19)8-7-13(18)11-3-5-12(15)6-4-11/h3-6,16H,7-10H2,1-2H3. The first-order valence-electron chi connectivity index (χ1n) is 6.22. The fourth-order valence-corrected chi connectivity index (χ4v) is 1.96. The van der Waals surface area contributed by atoms with Crippen LogP contribution < -0.4 is 5.32 Å². The van der Waals surface area contributed by atoms with Crippen molar-refractivity contribution in [1.82, 2.24) is 10.2 Å². The molecule has 0 aliphatic heterocycles. The lowest BCUT2D eigenvalue weighted by Gasteiger charge is -2.16. The second-order valence-electron chi connectivity index (χ2n) is 4.35. The molecule has 0 aromatic heterocycles. The summed E-state index contributed by atoms with van der Waals surface area (Å²) in [6.45, 7) is 1.42. The number of amides is 1. The maximum atomic E-state index is 11.9. The Hall–Kier alpha value is -0.950. The number of ketones is 1. The van der Waals surface area contributed by atoms with Gasteiger partial charge in [-0.2, -0.15) is 0 Å².